The summed E-state index contributed by atoms with van der Waals surface area (Å²) >= 11 is 0. The minimum absolute atomic E-state index is 0.324. The van der Waals surface area contributed by atoms with Gasteiger partial charge in [-0.25, -0.2) is 21.9 Å². The van der Waals surface area contributed by atoms with E-state index in [1.807, 2.05) is 6.07 Å². The summed E-state index contributed by atoms with van der Waals surface area (Å²) in [5.41, 5.74) is 1.28. The van der Waals surface area contributed by atoms with Gasteiger partial charge in [0.15, 0.2) is 9.84 Å². The molecule has 8 heteroatoms. The monoisotopic (exact) mass is 431 g/mol. The maximum atomic E-state index is 13.8. The molecule has 0 atom stereocenters. The smallest absolute Gasteiger partial charge is 0.181 e. The Kier molecular flexibility index (Phi) is 5.97. The molecule has 0 amide bonds. The van der Waals surface area contributed by atoms with Crippen molar-refractivity contribution >= 4 is 9.84 Å². The molecule has 3 aromatic rings. The number of rotatable bonds is 6. The first kappa shape index (κ1) is 20.7. The Balaban J connectivity index is 1.34. The SMILES string of the molecule is O=S(=O)(c1ccc(-n2cccn2)cc1)C1CCN(CCc2ccc(F)cc2F)CC1. The zero-order valence-corrected chi connectivity index (χ0v) is 17.2. The lowest BCUT2D eigenvalue weighted by Gasteiger charge is -2.31. The number of hydrogen-bond acceptors (Lipinski definition) is 4. The molecule has 158 valence electrons. The summed E-state index contributed by atoms with van der Waals surface area (Å²) in [4.78, 5) is 2.46. The van der Waals surface area contributed by atoms with Gasteiger partial charge in [-0.05, 0) is 74.3 Å². The van der Waals surface area contributed by atoms with Crippen LogP contribution in [0.4, 0.5) is 8.78 Å². The van der Waals surface area contributed by atoms with Crippen molar-refractivity contribution in [3.63, 3.8) is 0 Å². The number of nitrogens with zero attached hydrogens (tertiary/aromatic N) is 3. The third-order valence-electron chi connectivity index (χ3n) is 5.62. The van der Waals surface area contributed by atoms with Gasteiger partial charge >= 0.3 is 0 Å². The van der Waals surface area contributed by atoms with Gasteiger partial charge in [-0.15, -0.1) is 0 Å². The number of likely N-dealkylation sites (tertiary alicyclic amines) is 1. The normalized spacial score (nSPS) is 16.1. The van der Waals surface area contributed by atoms with Crippen molar-refractivity contribution < 1.29 is 17.2 Å². The predicted octanol–water partition coefficient (Wildman–Crippen LogP) is 3.63. The highest BCUT2D eigenvalue weighted by Crippen LogP contribution is 2.25. The summed E-state index contributed by atoms with van der Waals surface area (Å²) in [6, 6.07) is 12.2. The second-order valence-electron chi connectivity index (χ2n) is 7.52. The van der Waals surface area contributed by atoms with E-state index in [0.717, 1.165) is 11.8 Å². The number of aromatic nitrogens is 2. The molecule has 2 heterocycles. The topological polar surface area (TPSA) is 55.2 Å². The van der Waals surface area contributed by atoms with Crippen LogP contribution in [0.5, 0.6) is 0 Å². The molecule has 0 saturated carbocycles. The average molecular weight is 432 g/mol. The van der Waals surface area contributed by atoms with Crippen LogP contribution in [0.2, 0.25) is 0 Å². The average Bonchev–Trinajstić information content (AvgIpc) is 3.28. The molecule has 1 fully saturated rings. The Morgan fingerprint density at radius 2 is 1.77 bits per heavy atom. The van der Waals surface area contributed by atoms with Crippen LogP contribution < -0.4 is 0 Å². The predicted molar refractivity (Wildman–Crippen MR) is 110 cm³/mol. The summed E-state index contributed by atoms with van der Waals surface area (Å²) < 4.78 is 54.5. The van der Waals surface area contributed by atoms with Crippen molar-refractivity contribution in [3.8, 4) is 5.69 Å². The molecule has 1 aliphatic heterocycles. The standard InChI is InChI=1S/C22H23F2N3O2S/c23-18-3-2-17(22(24)16-18)8-13-26-14-9-21(10-15-26)30(28,29)20-6-4-19(5-7-20)27-12-1-11-25-27/h1-7,11-12,16,21H,8-10,13-15H2. The molecule has 1 saturated heterocycles. The molecule has 30 heavy (non-hydrogen) atoms. The summed E-state index contributed by atoms with van der Waals surface area (Å²) in [7, 11) is -3.41. The molecule has 2 aromatic carbocycles. The first-order valence-electron chi connectivity index (χ1n) is 9.94. The molecule has 5 nitrogen and oxygen atoms in total. The lowest BCUT2D eigenvalue weighted by molar-refractivity contribution is 0.232. The highest BCUT2D eigenvalue weighted by atomic mass is 32.2. The van der Waals surface area contributed by atoms with E-state index in [1.165, 1.54) is 12.1 Å². The summed E-state index contributed by atoms with van der Waals surface area (Å²) in [6.07, 6.45) is 5.02. The quantitative estimate of drug-likeness (QED) is 0.598. The first-order valence-corrected chi connectivity index (χ1v) is 11.5. The lowest BCUT2D eigenvalue weighted by atomic mass is 10.1. The van der Waals surface area contributed by atoms with E-state index in [-0.39, 0.29) is 0 Å². The fourth-order valence-electron chi connectivity index (χ4n) is 3.85. The molecule has 0 unspecified atom stereocenters. The molecule has 1 aromatic heterocycles. The van der Waals surface area contributed by atoms with Crippen molar-refractivity contribution in [2.75, 3.05) is 19.6 Å². The van der Waals surface area contributed by atoms with Gasteiger partial charge in [-0.2, -0.15) is 5.10 Å². The third kappa shape index (κ3) is 4.44. The zero-order valence-electron chi connectivity index (χ0n) is 16.4. The van der Waals surface area contributed by atoms with Crippen molar-refractivity contribution in [2.24, 2.45) is 0 Å². The van der Waals surface area contributed by atoms with Crippen LogP contribution in [-0.2, 0) is 16.3 Å². The Morgan fingerprint density at radius 1 is 1.03 bits per heavy atom. The highest BCUT2D eigenvalue weighted by molar-refractivity contribution is 7.92. The van der Waals surface area contributed by atoms with Crippen molar-refractivity contribution in [1.82, 2.24) is 14.7 Å². The molecule has 0 bridgehead atoms. The second kappa shape index (κ2) is 8.65. The molecule has 0 aliphatic carbocycles. The number of sulfone groups is 1. The zero-order chi connectivity index (χ0) is 21.1. The molecule has 0 N–H and O–H groups in total. The van der Waals surface area contributed by atoms with E-state index in [4.69, 9.17) is 0 Å². The number of hydrogen-bond donors (Lipinski definition) is 0. The van der Waals surface area contributed by atoms with Crippen molar-refractivity contribution in [1.29, 1.82) is 0 Å². The maximum absolute atomic E-state index is 13.8. The number of halogens is 2. The van der Waals surface area contributed by atoms with Gasteiger partial charge in [0.25, 0.3) is 0 Å². The minimum Gasteiger partial charge on any atom is -0.303 e. The van der Waals surface area contributed by atoms with E-state index < -0.39 is 26.7 Å². The largest absolute Gasteiger partial charge is 0.303 e. The summed E-state index contributed by atoms with van der Waals surface area (Å²) in [6.45, 7) is 1.89. The van der Waals surface area contributed by atoms with E-state index in [2.05, 4.69) is 10.00 Å². The number of piperidine rings is 1. The Labute approximate surface area is 174 Å². The summed E-state index contributed by atoms with van der Waals surface area (Å²) in [5.74, 6) is -1.12. The summed E-state index contributed by atoms with van der Waals surface area (Å²) in [5, 5.41) is 3.72. The first-order chi connectivity index (χ1) is 14.4. The van der Waals surface area contributed by atoms with Gasteiger partial charge in [-0.3, -0.25) is 0 Å². The molecule has 4 rings (SSSR count). The van der Waals surface area contributed by atoms with Gasteiger partial charge in [0.05, 0.1) is 15.8 Å². The molecule has 0 spiro atoms. The molecule has 1 aliphatic rings. The molecular weight excluding hydrogens is 408 g/mol. The van der Waals surface area contributed by atoms with Crippen LogP contribution >= 0.6 is 0 Å². The Hall–Kier alpha value is -2.58. The highest BCUT2D eigenvalue weighted by Gasteiger charge is 2.31. The maximum Gasteiger partial charge on any atom is 0.181 e. The Morgan fingerprint density at radius 3 is 2.40 bits per heavy atom. The lowest BCUT2D eigenvalue weighted by Crippen LogP contribution is -2.40. The van der Waals surface area contributed by atoms with E-state index >= 15 is 0 Å². The van der Waals surface area contributed by atoms with E-state index in [9.17, 15) is 17.2 Å². The van der Waals surface area contributed by atoms with Crippen molar-refractivity contribution in [2.45, 2.75) is 29.4 Å². The Bertz CT molecular complexity index is 1090. The minimum atomic E-state index is -3.41. The number of benzene rings is 2. The second-order valence-corrected chi connectivity index (χ2v) is 9.74. The van der Waals surface area contributed by atoms with Gasteiger partial charge in [0, 0.05) is 25.0 Å². The van der Waals surface area contributed by atoms with Crippen LogP contribution in [0, 0.1) is 11.6 Å². The fraction of sp³-hybridized carbons (Fsp3) is 0.318. The van der Waals surface area contributed by atoms with Gasteiger partial charge < -0.3 is 4.90 Å². The van der Waals surface area contributed by atoms with Crippen LogP contribution in [0.15, 0.2) is 65.8 Å². The molecular formula is C22H23F2N3O2S. The van der Waals surface area contributed by atoms with Gasteiger partial charge in [0.2, 0.25) is 0 Å². The van der Waals surface area contributed by atoms with Crippen LogP contribution in [0.3, 0.4) is 0 Å². The third-order valence-corrected chi connectivity index (χ3v) is 7.90. The van der Waals surface area contributed by atoms with E-state index in [1.54, 1.807) is 41.3 Å². The molecule has 0 radical (unpaired) electrons. The fourth-order valence-corrected chi connectivity index (χ4v) is 5.58. The van der Waals surface area contributed by atoms with Crippen LogP contribution in [0.1, 0.15) is 18.4 Å². The van der Waals surface area contributed by atoms with Gasteiger partial charge in [-0.1, -0.05) is 6.07 Å². The van der Waals surface area contributed by atoms with Crippen molar-refractivity contribution in [3.05, 3.63) is 78.1 Å². The van der Waals surface area contributed by atoms with Gasteiger partial charge in [0.1, 0.15) is 11.6 Å². The van der Waals surface area contributed by atoms with Crippen LogP contribution in [0.25, 0.3) is 5.69 Å². The van der Waals surface area contributed by atoms with Crippen LogP contribution in [-0.4, -0.2) is 48.0 Å². The van der Waals surface area contributed by atoms with E-state index in [0.29, 0.717) is 49.4 Å².